The monoisotopic (exact) mass is 393 g/mol. The summed E-state index contributed by atoms with van der Waals surface area (Å²) in [6.45, 7) is 1.03. The van der Waals surface area contributed by atoms with Crippen molar-refractivity contribution in [1.82, 2.24) is 10.2 Å². The van der Waals surface area contributed by atoms with Gasteiger partial charge in [-0.15, -0.1) is 0 Å². The predicted molar refractivity (Wildman–Crippen MR) is 110 cm³/mol. The van der Waals surface area contributed by atoms with Gasteiger partial charge in [-0.05, 0) is 42.2 Å². The summed E-state index contributed by atoms with van der Waals surface area (Å²) in [5, 5.41) is 5.79. The zero-order chi connectivity index (χ0) is 20.4. The molecule has 0 bridgehead atoms. The van der Waals surface area contributed by atoms with Gasteiger partial charge in [0.2, 0.25) is 5.91 Å². The van der Waals surface area contributed by atoms with E-state index in [-0.39, 0.29) is 24.5 Å². The second-order valence-electron chi connectivity index (χ2n) is 7.25. The number of nitrogens with two attached hydrogens (primary N) is 1. The summed E-state index contributed by atoms with van der Waals surface area (Å²) in [6, 6.07) is 14.4. The second kappa shape index (κ2) is 7.83. The lowest BCUT2D eigenvalue weighted by Gasteiger charge is -2.32. The van der Waals surface area contributed by atoms with Gasteiger partial charge in [0, 0.05) is 24.5 Å². The number of hydrogen-bond acceptors (Lipinski definition) is 3. The van der Waals surface area contributed by atoms with E-state index in [1.165, 1.54) is 9.80 Å². The Morgan fingerprint density at radius 3 is 2.66 bits per heavy atom. The minimum absolute atomic E-state index is 0.0160. The Bertz CT molecular complexity index is 947. The molecular weight excluding hydrogens is 370 g/mol. The third-order valence-electron chi connectivity index (χ3n) is 5.33. The summed E-state index contributed by atoms with van der Waals surface area (Å²) in [5.41, 5.74) is 8.81. The fourth-order valence-corrected chi connectivity index (χ4v) is 3.87. The molecule has 8 nitrogen and oxygen atoms in total. The molecule has 0 radical (unpaired) electrons. The fraction of sp³-hybridized carbons (Fsp3) is 0.286. The number of benzene rings is 2. The number of carbonyl (C=O) groups is 3. The van der Waals surface area contributed by atoms with Crippen LogP contribution in [0.3, 0.4) is 0 Å². The smallest absolute Gasteiger partial charge is 0.319 e. The minimum atomic E-state index is -0.481. The maximum atomic E-state index is 12.4. The fourth-order valence-electron chi connectivity index (χ4n) is 3.87. The van der Waals surface area contributed by atoms with Crippen molar-refractivity contribution >= 4 is 29.3 Å². The number of hydrogen-bond donors (Lipinski definition) is 3. The van der Waals surface area contributed by atoms with Crippen molar-refractivity contribution in [1.29, 1.82) is 0 Å². The molecule has 1 unspecified atom stereocenters. The summed E-state index contributed by atoms with van der Waals surface area (Å²) in [6.07, 6.45) is 1.43. The first-order valence-electron chi connectivity index (χ1n) is 9.61. The van der Waals surface area contributed by atoms with Crippen LogP contribution in [0.15, 0.2) is 48.5 Å². The molecule has 2 aromatic carbocycles. The predicted octanol–water partition coefficient (Wildman–Crippen LogP) is 2.22. The van der Waals surface area contributed by atoms with Crippen molar-refractivity contribution in [2.24, 2.45) is 5.73 Å². The lowest BCUT2D eigenvalue weighted by atomic mass is 10.0. The van der Waals surface area contributed by atoms with Crippen LogP contribution >= 0.6 is 0 Å². The van der Waals surface area contributed by atoms with Gasteiger partial charge in [-0.1, -0.05) is 30.3 Å². The summed E-state index contributed by atoms with van der Waals surface area (Å²) in [4.78, 5) is 39.3. The lowest BCUT2D eigenvalue weighted by molar-refractivity contribution is -0.116. The van der Waals surface area contributed by atoms with E-state index < -0.39 is 6.03 Å². The quantitative estimate of drug-likeness (QED) is 0.741. The molecule has 4 N–H and O–H groups in total. The van der Waals surface area contributed by atoms with E-state index >= 15 is 0 Å². The second-order valence-corrected chi connectivity index (χ2v) is 7.25. The largest absolute Gasteiger partial charge is 0.351 e. The number of nitrogens with one attached hydrogen (secondary N) is 2. The zero-order valence-corrected chi connectivity index (χ0v) is 15.9. The highest BCUT2D eigenvalue weighted by Gasteiger charge is 2.27. The molecule has 8 heteroatoms. The van der Waals surface area contributed by atoms with Crippen LogP contribution in [-0.2, 0) is 11.2 Å². The van der Waals surface area contributed by atoms with Gasteiger partial charge >= 0.3 is 12.1 Å². The first kappa shape index (κ1) is 18.8. The molecule has 0 aliphatic carbocycles. The van der Waals surface area contributed by atoms with Gasteiger partial charge in [0.25, 0.3) is 0 Å². The van der Waals surface area contributed by atoms with Crippen LogP contribution in [0.1, 0.15) is 23.6 Å². The standard InChI is InChI=1S/C21H23N5O3/c22-20(28)26-11-8-15-12-16(6-7-18(15)26)23-19(27)13-25-10-9-17(24-21(25)29)14-4-2-1-3-5-14/h1-7,12,17H,8-11,13H2,(H2,22,28)(H,23,27)(H,24,29). The number of carbonyl (C=O) groups excluding carboxylic acids is 3. The van der Waals surface area contributed by atoms with E-state index in [2.05, 4.69) is 10.6 Å². The normalized spacial score (nSPS) is 18.2. The number of primary amides is 1. The molecule has 1 atom stereocenters. The topological polar surface area (TPSA) is 108 Å². The van der Waals surface area contributed by atoms with E-state index in [0.29, 0.717) is 25.2 Å². The van der Waals surface area contributed by atoms with E-state index in [1.54, 1.807) is 12.1 Å². The van der Waals surface area contributed by atoms with Crippen LogP contribution in [0.25, 0.3) is 0 Å². The Morgan fingerprint density at radius 2 is 1.93 bits per heavy atom. The van der Waals surface area contributed by atoms with Crippen LogP contribution in [-0.4, -0.2) is 42.5 Å². The van der Waals surface area contributed by atoms with Gasteiger partial charge < -0.3 is 21.3 Å². The van der Waals surface area contributed by atoms with E-state index in [9.17, 15) is 14.4 Å². The van der Waals surface area contributed by atoms with Crippen LogP contribution in [0.4, 0.5) is 21.0 Å². The van der Waals surface area contributed by atoms with Crippen molar-refractivity contribution in [2.45, 2.75) is 18.9 Å². The molecule has 5 amide bonds. The van der Waals surface area contributed by atoms with Crippen LogP contribution in [0, 0.1) is 0 Å². The van der Waals surface area contributed by atoms with Crippen molar-refractivity contribution in [3.8, 4) is 0 Å². The highest BCUT2D eigenvalue weighted by molar-refractivity contribution is 5.96. The van der Waals surface area contributed by atoms with Gasteiger partial charge in [-0.3, -0.25) is 9.69 Å². The van der Waals surface area contributed by atoms with Crippen molar-refractivity contribution in [3.63, 3.8) is 0 Å². The average Bonchev–Trinajstić information content (AvgIpc) is 3.13. The Balaban J connectivity index is 1.34. The van der Waals surface area contributed by atoms with E-state index in [4.69, 9.17) is 5.73 Å². The molecule has 0 saturated carbocycles. The van der Waals surface area contributed by atoms with E-state index in [0.717, 1.165) is 23.2 Å². The van der Waals surface area contributed by atoms with Gasteiger partial charge in [0.15, 0.2) is 0 Å². The Labute approximate surface area is 168 Å². The Morgan fingerprint density at radius 1 is 1.14 bits per heavy atom. The highest BCUT2D eigenvalue weighted by Crippen LogP contribution is 2.30. The average molecular weight is 393 g/mol. The number of fused-ring (bicyclic) bond motifs is 1. The Kier molecular flexibility index (Phi) is 5.07. The highest BCUT2D eigenvalue weighted by atomic mass is 16.2. The number of urea groups is 2. The molecule has 29 heavy (non-hydrogen) atoms. The van der Waals surface area contributed by atoms with Crippen LogP contribution < -0.4 is 21.3 Å². The summed E-state index contributed by atoms with van der Waals surface area (Å²) >= 11 is 0. The SMILES string of the molecule is NC(=O)N1CCc2cc(NC(=O)CN3CCC(c4ccccc4)NC3=O)ccc21. The molecule has 0 aromatic heterocycles. The number of nitrogens with zero attached hydrogens (tertiary/aromatic N) is 2. The molecule has 2 aliphatic heterocycles. The molecule has 2 aliphatic rings. The molecule has 1 saturated heterocycles. The first-order chi connectivity index (χ1) is 14.0. The number of rotatable bonds is 4. The molecule has 1 fully saturated rings. The lowest BCUT2D eigenvalue weighted by Crippen LogP contribution is -2.50. The van der Waals surface area contributed by atoms with Crippen molar-refractivity contribution < 1.29 is 14.4 Å². The maximum absolute atomic E-state index is 12.4. The molecule has 0 spiro atoms. The summed E-state index contributed by atoms with van der Waals surface area (Å²) in [5.74, 6) is -0.261. The van der Waals surface area contributed by atoms with E-state index in [1.807, 2.05) is 36.4 Å². The van der Waals surface area contributed by atoms with Gasteiger partial charge in [0.05, 0.1) is 6.04 Å². The number of amides is 5. The van der Waals surface area contributed by atoms with Gasteiger partial charge in [0.1, 0.15) is 6.54 Å². The molecular formula is C21H23N5O3. The summed E-state index contributed by atoms with van der Waals surface area (Å²) in [7, 11) is 0. The molecule has 2 aromatic rings. The number of anilines is 2. The van der Waals surface area contributed by atoms with Gasteiger partial charge in [-0.25, -0.2) is 9.59 Å². The van der Waals surface area contributed by atoms with Crippen molar-refractivity contribution in [2.75, 3.05) is 29.9 Å². The third-order valence-corrected chi connectivity index (χ3v) is 5.33. The zero-order valence-electron chi connectivity index (χ0n) is 15.9. The molecule has 150 valence electrons. The summed E-state index contributed by atoms with van der Waals surface area (Å²) < 4.78 is 0. The molecule has 4 rings (SSSR count). The van der Waals surface area contributed by atoms with Crippen molar-refractivity contribution in [3.05, 3.63) is 59.7 Å². The molecule has 2 heterocycles. The minimum Gasteiger partial charge on any atom is -0.351 e. The Hall–Kier alpha value is -3.55. The third kappa shape index (κ3) is 4.01. The maximum Gasteiger partial charge on any atom is 0.319 e. The van der Waals surface area contributed by atoms with Crippen LogP contribution in [0.5, 0.6) is 0 Å². The van der Waals surface area contributed by atoms with Crippen LogP contribution in [0.2, 0.25) is 0 Å². The van der Waals surface area contributed by atoms with Gasteiger partial charge in [-0.2, -0.15) is 0 Å². The first-order valence-corrected chi connectivity index (χ1v) is 9.61.